The molecule has 0 aliphatic rings. The number of fused-ring (bicyclic) bond motifs is 1. The van der Waals surface area contributed by atoms with E-state index < -0.39 is 22.5 Å². The Hall–Kier alpha value is -3.75. The second-order valence-corrected chi connectivity index (χ2v) is 7.02. The van der Waals surface area contributed by atoms with Gasteiger partial charge in [0, 0.05) is 17.7 Å². The lowest BCUT2D eigenvalue weighted by Gasteiger charge is -2.19. The van der Waals surface area contributed by atoms with Crippen molar-refractivity contribution >= 4 is 34.4 Å². The third-order valence-electron chi connectivity index (χ3n) is 3.71. The molecule has 0 bridgehead atoms. The lowest BCUT2D eigenvalue weighted by atomic mass is 10.2. The maximum absolute atomic E-state index is 12.5. The summed E-state index contributed by atoms with van der Waals surface area (Å²) in [5.74, 6) is -0.429. The summed E-state index contributed by atoms with van der Waals surface area (Å²) in [5, 5.41) is 18.1. The molecule has 0 spiro atoms. The van der Waals surface area contributed by atoms with E-state index in [1.807, 2.05) is 0 Å². The minimum absolute atomic E-state index is 0.0263. The predicted molar refractivity (Wildman–Crippen MR) is 102 cm³/mol. The van der Waals surface area contributed by atoms with Crippen molar-refractivity contribution < 1.29 is 19.2 Å². The Kier molecular flexibility index (Phi) is 4.83. The Morgan fingerprint density at radius 1 is 1.14 bits per heavy atom. The van der Waals surface area contributed by atoms with Crippen LogP contribution in [0.4, 0.5) is 16.3 Å². The number of anilines is 1. The number of non-ortho nitro benzene ring substituents is 1. The summed E-state index contributed by atoms with van der Waals surface area (Å²) in [7, 11) is 0. The van der Waals surface area contributed by atoms with Crippen LogP contribution in [0.15, 0.2) is 48.5 Å². The number of hydrogen-bond acceptors (Lipinski definition) is 6. The van der Waals surface area contributed by atoms with Gasteiger partial charge in [0.25, 0.3) is 11.6 Å². The van der Waals surface area contributed by atoms with Crippen molar-refractivity contribution in [1.82, 2.24) is 9.78 Å². The van der Waals surface area contributed by atoms with Gasteiger partial charge in [-0.15, -0.1) is 5.10 Å². The molecular weight excluding hydrogens is 364 g/mol. The number of aromatic nitrogens is 2. The minimum Gasteiger partial charge on any atom is -0.442 e. The molecule has 9 nitrogen and oxygen atoms in total. The third-order valence-corrected chi connectivity index (χ3v) is 3.71. The second-order valence-electron chi connectivity index (χ2n) is 7.02. The summed E-state index contributed by atoms with van der Waals surface area (Å²) in [6.07, 6.45) is -0.758. The van der Waals surface area contributed by atoms with Crippen LogP contribution in [0.25, 0.3) is 10.9 Å². The average Bonchev–Trinajstić information content (AvgIpc) is 2.99. The molecule has 3 rings (SSSR count). The van der Waals surface area contributed by atoms with Crippen LogP contribution in [-0.4, -0.2) is 32.3 Å². The highest BCUT2D eigenvalue weighted by molar-refractivity contribution is 6.09. The number of hydrogen-bond donors (Lipinski definition) is 1. The molecule has 0 radical (unpaired) electrons. The van der Waals surface area contributed by atoms with Crippen LogP contribution < -0.4 is 5.32 Å². The highest BCUT2D eigenvalue weighted by atomic mass is 16.6. The molecule has 2 aromatic carbocycles. The van der Waals surface area contributed by atoms with Crippen LogP contribution in [0.3, 0.4) is 0 Å². The number of nitrogens with one attached hydrogen (secondary N) is 1. The number of nitrogens with zero attached hydrogens (tertiary/aromatic N) is 3. The molecule has 0 fully saturated rings. The summed E-state index contributed by atoms with van der Waals surface area (Å²) < 4.78 is 6.30. The van der Waals surface area contributed by atoms with Crippen molar-refractivity contribution in [2.24, 2.45) is 0 Å². The summed E-state index contributed by atoms with van der Waals surface area (Å²) in [6, 6.07) is 12.3. The van der Waals surface area contributed by atoms with Gasteiger partial charge in [0.15, 0.2) is 5.82 Å². The first-order valence-electron chi connectivity index (χ1n) is 8.42. The van der Waals surface area contributed by atoms with Crippen LogP contribution in [0, 0.1) is 10.1 Å². The maximum Gasteiger partial charge on any atom is 0.435 e. The number of nitro benzene ring substituents is 1. The molecule has 144 valence electrons. The lowest BCUT2D eigenvalue weighted by Crippen LogP contribution is -2.27. The fourth-order valence-corrected chi connectivity index (χ4v) is 2.53. The second kappa shape index (κ2) is 7.10. The minimum atomic E-state index is -0.760. The van der Waals surface area contributed by atoms with Gasteiger partial charge in [-0.25, -0.2) is 4.79 Å². The summed E-state index contributed by atoms with van der Waals surface area (Å²) in [6.45, 7) is 5.12. The van der Waals surface area contributed by atoms with Gasteiger partial charge >= 0.3 is 6.09 Å². The van der Waals surface area contributed by atoms with Gasteiger partial charge in [-0.3, -0.25) is 14.9 Å². The van der Waals surface area contributed by atoms with Crippen molar-refractivity contribution in [2.75, 3.05) is 5.32 Å². The zero-order valence-corrected chi connectivity index (χ0v) is 15.5. The summed E-state index contributed by atoms with van der Waals surface area (Å²) >= 11 is 0. The number of rotatable bonds is 3. The monoisotopic (exact) mass is 382 g/mol. The summed E-state index contributed by atoms with van der Waals surface area (Å²) in [4.78, 5) is 35.5. The van der Waals surface area contributed by atoms with Gasteiger partial charge in [0.1, 0.15) is 5.60 Å². The molecule has 0 aliphatic carbocycles. The highest BCUT2D eigenvalue weighted by Gasteiger charge is 2.24. The third kappa shape index (κ3) is 3.98. The lowest BCUT2D eigenvalue weighted by molar-refractivity contribution is -0.384. The first-order valence-corrected chi connectivity index (χ1v) is 8.42. The molecule has 0 aliphatic heterocycles. The fourth-order valence-electron chi connectivity index (χ4n) is 2.53. The SMILES string of the molecule is CC(C)(C)OC(=O)n1nc(NC(=O)c2ccccc2)c2cc([N+](=O)[O-])ccc21. The summed E-state index contributed by atoms with van der Waals surface area (Å²) in [5.41, 5.74) is -0.286. The highest BCUT2D eigenvalue weighted by Crippen LogP contribution is 2.28. The maximum atomic E-state index is 12.5. The molecule has 1 N–H and O–H groups in total. The molecule has 1 amide bonds. The molecule has 0 saturated carbocycles. The first-order chi connectivity index (χ1) is 13.2. The van der Waals surface area contributed by atoms with Crippen LogP contribution >= 0.6 is 0 Å². The molecule has 3 aromatic rings. The quantitative estimate of drug-likeness (QED) is 0.541. The molecule has 0 atom stereocenters. The molecular formula is C19H18N4O5. The Morgan fingerprint density at radius 3 is 2.43 bits per heavy atom. The van der Waals surface area contributed by atoms with Crippen LogP contribution in [0.2, 0.25) is 0 Å². The smallest absolute Gasteiger partial charge is 0.435 e. The van der Waals surface area contributed by atoms with Gasteiger partial charge in [0.05, 0.1) is 15.8 Å². The number of benzene rings is 2. The van der Waals surface area contributed by atoms with Crippen molar-refractivity contribution in [2.45, 2.75) is 26.4 Å². The molecule has 0 saturated heterocycles. The van der Waals surface area contributed by atoms with Gasteiger partial charge in [0.2, 0.25) is 0 Å². The zero-order chi connectivity index (χ0) is 20.5. The van der Waals surface area contributed by atoms with Gasteiger partial charge < -0.3 is 10.1 Å². The largest absolute Gasteiger partial charge is 0.442 e. The first kappa shape index (κ1) is 19.0. The Labute approximate surface area is 160 Å². The van der Waals surface area contributed by atoms with Crippen molar-refractivity contribution in [3.8, 4) is 0 Å². The van der Waals surface area contributed by atoms with E-state index in [0.29, 0.717) is 5.56 Å². The van der Waals surface area contributed by atoms with E-state index in [9.17, 15) is 19.7 Å². The van der Waals surface area contributed by atoms with Crippen LogP contribution in [0.1, 0.15) is 31.1 Å². The standard InChI is InChI=1S/C19H18N4O5/c1-19(2,3)28-18(25)22-15-10-9-13(23(26)27)11-14(15)16(21-22)20-17(24)12-7-5-4-6-8-12/h4-11H,1-3H3,(H,20,21,24). The van der Waals surface area contributed by atoms with Crippen LogP contribution in [0.5, 0.6) is 0 Å². The van der Waals surface area contributed by atoms with Crippen LogP contribution in [-0.2, 0) is 4.74 Å². The average molecular weight is 382 g/mol. The van der Waals surface area contributed by atoms with E-state index in [2.05, 4.69) is 10.4 Å². The van der Waals surface area contributed by atoms with Gasteiger partial charge in [-0.1, -0.05) is 18.2 Å². The Morgan fingerprint density at radius 2 is 1.82 bits per heavy atom. The predicted octanol–water partition coefficient (Wildman–Crippen LogP) is 3.98. The number of carbonyl (C=O) groups excluding carboxylic acids is 2. The number of ether oxygens (including phenoxy) is 1. The van der Waals surface area contributed by atoms with Gasteiger partial charge in [-0.05, 0) is 39.0 Å². The van der Waals surface area contributed by atoms with E-state index in [1.54, 1.807) is 51.1 Å². The van der Waals surface area contributed by atoms with Crippen molar-refractivity contribution in [3.05, 3.63) is 64.2 Å². The van der Waals surface area contributed by atoms with E-state index in [4.69, 9.17) is 4.74 Å². The number of nitro groups is 1. The topological polar surface area (TPSA) is 116 Å². The molecule has 28 heavy (non-hydrogen) atoms. The molecule has 9 heteroatoms. The van der Waals surface area contributed by atoms with E-state index in [-0.39, 0.29) is 22.4 Å². The van der Waals surface area contributed by atoms with Crippen molar-refractivity contribution in [3.63, 3.8) is 0 Å². The zero-order valence-electron chi connectivity index (χ0n) is 15.5. The van der Waals surface area contributed by atoms with E-state index in [0.717, 1.165) is 4.68 Å². The molecule has 1 heterocycles. The Balaban J connectivity index is 2.07. The van der Waals surface area contributed by atoms with Crippen molar-refractivity contribution in [1.29, 1.82) is 0 Å². The Bertz CT molecular complexity index is 1070. The van der Waals surface area contributed by atoms with E-state index in [1.165, 1.54) is 18.2 Å². The number of amides is 1. The molecule has 0 unspecified atom stereocenters. The molecule has 1 aromatic heterocycles. The van der Waals surface area contributed by atoms with Gasteiger partial charge in [-0.2, -0.15) is 4.68 Å². The fraction of sp³-hybridized carbons (Fsp3) is 0.211. The number of carbonyl (C=O) groups is 2. The van der Waals surface area contributed by atoms with E-state index >= 15 is 0 Å². The normalized spacial score (nSPS) is 11.2.